The third-order valence-electron chi connectivity index (χ3n) is 5.12. The quantitative estimate of drug-likeness (QED) is 0.453. The molecule has 1 amide bonds. The fourth-order valence-corrected chi connectivity index (χ4v) is 5.27. The first-order chi connectivity index (χ1) is 16.6. The molecule has 35 heavy (non-hydrogen) atoms. The molecule has 9 heteroatoms. The first-order valence-corrected chi connectivity index (χ1v) is 12.2. The van der Waals surface area contributed by atoms with E-state index in [1.165, 1.54) is 12.1 Å². The summed E-state index contributed by atoms with van der Waals surface area (Å²) in [5, 5.41) is 11.3. The number of anilines is 2. The van der Waals surface area contributed by atoms with Crippen molar-refractivity contribution < 1.29 is 22.7 Å². The number of aryl methyl sites for hydroxylation is 3. The van der Waals surface area contributed by atoms with E-state index in [0.717, 1.165) is 11.1 Å². The van der Waals surface area contributed by atoms with Gasteiger partial charge in [0.05, 0.1) is 28.6 Å². The van der Waals surface area contributed by atoms with Gasteiger partial charge in [0.25, 0.3) is 15.9 Å². The number of rotatable bonds is 8. The van der Waals surface area contributed by atoms with E-state index in [4.69, 9.17) is 10.00 Å². The molecule has 0 saturated carbocycles. The zero-order valence-corrected chi connectivity index (χ0v) is 20.4. The number of carbonyl (C=O) groups excluding carboxylic acids is 2. The van der Waals surface area contributed by atoms with Crippen molar-refractivity contribution in [2.45, 2.75) is 32.1 Å². The zero-order chi connectivity index (χ0) is 25.6. The average molecular weight is 492 g/mol. The maximum atomic E-state index is 13.1. The fourth-order valence-electron chi connectivity index (χ4n) is 3.74. The van der Waals surface area contributed by atoms with E-state index in [-0.39, 0.29) is 22.6 Å². The molecule has 0 saturated heterocycles. The lowest BCUT2D eigenvalue weighted by Gasteiger charge is -2.16. The van der Waals surface area contributed by atoms with Crippen molar-refractivity contribution in [3.8, 4) is 6.07 Å². The van der Waals surface area contributed by atoms with Crippen LogP contribution in [0.15, 0.2) is 65.6 Å². The third kappa shape index (κ3) is 6.46. The molecule has 0 fully saturated rings. The van der Waals surface area contributed by atoms with Crippen molar-refractivity contribution >= 4 is 33.3 Å². The predicted molar refractivity (Wildman–Crippen MR) is 133 cm³/mol. The summed E-state index contributed by atoms with van der Waals surface area (Å²) in [4.78, 5) is 25.0. The number of sulfonamides is 1. The van der Waals surface area contributed by atoms with E-state index < -0.39 is 28.5 Å². The van der Waals surface area contributed by atoms with Crippen LogP contribution in [0.25, 0.3) is 0 Å². The molecule has 3 rings (SSSR count). The number of amides is 1. The van der Waals surface area contributed by atoms with Crippen LogP contribution in [-0.2, 0) is 26.0 Å². The highest BCUT2D eigenvalue weighted by Crippen LogP contribution is 2.26. The van der Waals surface area contributed by atoms with Crippen molar-refractivity contribution in [2.24, 2.45) is 0 Å². The number of nitriles is 1. The maximum Gasteiger partial charge on any atom is 0.340 e. The van der Waals surface area contributed by atoms with Crippen LogP contribution in [0.1, 0.15) is 32.6 Å². The van der Waals surface area contributed by atoms with Gasteiger partial charge < -0.3 is 10.1 Å². The Balaban J connectivity index is 1.70. The highest BCUT2D eigenvalue weighted by atomic mass is 32.2. The van der Waals surface area contributed by atoms with Gasteiger partial charge in [-0.15, -0.1) is 0 Å². The molecule has 0 aliphatic heterocycles. The lowest BCUT2D eigenvalue weighted by atomic mass is 10.1. The Morgan fingerprint density at radius 1 is 0.971 bits per heavy atom. The van der Waals surface area contributed by atoms with Gasteiger partial charge >= 0.3 is 5.97 Å². The molecular formula is C26H25N3O5S. The Morgan fingerprint density at radius 3 is 2.23 bits per heavy atom. The Labute approximate surface area is 204 Å². The van der Waals surface area contributed by atoms with Gasteiger partial charge in [-0.25, -0.2) is 13.2 Å². The second-order valence-corrected chi connectivity index (χ2v) is 9.65. The predicted octanol–water partition coefficient (Wildman–Crippen LogP) is 4.27. The van der Waals surface area contributed by atoms with E-state index in [1.807, 2.05) is 13.0 Å². The number of para-hydroxylation sites is 1. The van der Waals surface area contributed by atoms with Gasteiger partial charge in [0.1, 0.15) is 0 Å². The highest BCUT2D eigenvalue weighted by Gasteiger charge is 2.23. The second-order valence-electron chi connectivity index (χ2n) is 8.04. The summed E-state index contributed by atoms with van der Waals surface area (Å²) in [7, 11) is -3.98. The first-order valence-electron chi connectivity index (χ1n) is 10.7. The molecule has 2 N–H and O–H groups in total. The van der Waals surface area contributed by atoms with Gasteiger partial charge in [0.15, 0.2) is 6.61 Å². The molecule has 8 nitrogen and oxygen atoms in total. The van der Waals surface area contributed by atoms with Crippen molar-refractivity contribution in [1.29, 1.82) is 5.26 Å². The molecule has 0 bridgehead atoms. The molecule has 180 valence electrons. The van der Waals surface area contributed by atoms with Crippen LogP contribution in [-0.4, -0.2) is 26.9 Å². The van der Waals surface area contributed by atoms with Crippen LogP contribution < -0.4 is 10.0 Å². The van der Waals surface area contributed by atoms with Crippen molar-refractivity contribution in [2.75, 3.05) is 16.6 Å². The number of ether oxygens (including phenoxy) is 1. The molecule has 0 aliphatic rings. The lowest BCUT2D eigenvalue weighted by molar-refractivity contribution is -0.119. The summed E-state index contributed by atoms with van der Waals surface area (Å²) in [6.45, 7) is 4.75. The summed E-state index contributed by atoms with van der Waals surface area (Å²) < 4.78 is 33.8. The van der Waals surface area contributed by atoms with Crippen LogP contribution >= 0.6 is 0 Å². The van der Waals surface area contributed by atoms with Crippen molar-refractivity contribution in [1.82, 2.24) is 0 Å². The normalized spacial score (nSPS) is 10.8. The Hall–Kier alpha value is -4.16. The zero-order valence-electron chi connectivity index (χ0n) is 19.6. The van der Waals surface area contributed by atoms with Crippen LogP contribution in [0, 0.1) is 32.1 Å². The monoisotopic (exact) mass is 491 g/mol. The maximum absolute atomic E-state index is 13.1. The number of hydrogen-bond acceptors (Lipinski definition) is 6. The molecule has 0 radical (unpaired) electrons. The molecule has 3 aromatic carbocycles. The molecule has 0 spiro atoms. The minimum atomic E-state index is -3.98. The van der Waals surface area contributed by atoms with Crippen LogP contribution in [0.5, 0.6) is 0 Å². The number of carbonyl (C=O) groups is 2. The van der Waals surface area contributed by atoms with Gasteiger partial charge in [-0.3, -0.25) is 9.52 Å². The summed E-state index contributed by atoms with van der Waals surface area (Å²) >= 11 is 0. The summed E-state index contributed by atoms with van der Waals surface area (Å²) in [6, 6.07) is 18.3. The lowest BCUT2D eigenvalue weighted by Crippen LogP contribution is -2.22. The highest BCUT2D eigenvalue weighted by molar-refractivity contribution is 7.92. The molecule has 3 aromatic rings. The number of benzene rings is 3. The van der Waals surface area contributed by atoms with Gasteiger partial charge in [0, 0.05) is 5.69 Å². The fraction of sp³-hybridized carbons (Fsp3) is 0.192. The van der Waals surface area contributed by atoms with Crippen molar-refractivity contribution in [3.05, 3.63) is 88.5 Å². The topological polar surface area (TPSA) is 125 Å². The van der Waals surface area contributed by atoms with Crippen LogP contribution in [0.2, 0.25) is 0 Å². The smallest absolute Gasteiger partial charge is 0.340 e. The molecule has 0 atom stereocenters. The van der Waals surface area contributed by atoms with E-state index in [2.05, 4.69) is 10.0 Å². The largest absolute Gasteiger partial charge is 0.452 e. The first kappa shape index (κ1) is 25.5. The Kier molecular flexibility index (Phi) is 7.89. The van der Waals surface area contributed by atoms with Gasteiger partial charge in [-0.05, 0) is 61.7 Å². The molecular weight excluding hydrogens is 466 g/mol. The van der Waals surface area contributed by atoms with Crippen LogP contribution in [0.3, 0.4) is 0 Å². The Bertz CT molecular complexity index is 1380. The van der Waals surface area contributed by atoms with Gasteiger partial charge in [0.2, 0.25) is 0 Å². The minimum Gasteiger partial charge on any atom is -0.452 e. The Morgan fingerprint density at radius 2 is 1.60 bits per heavy atom. The minimum absolute atomic E-state index is 0.0212. The number of esters is 1. The second kappa shape index (κ2) is 10.8. The average Bonchev–Trinajstić information content (AvgIpc) is 2.78. The molecule has 0 aliphatic carbocycles. The number of nitrogens with zero attached hydrogens (tertiary/aromatic N) is 1. The summed E-state index contributed by atoms with van der Waals surface area (Å²) in [5.74, 6) is -1.41. The summed E-state index contributed by atoms with van der Waals surface area (Å²) in [5.41, 5.74) is 3.45. The number of hydrogen-bond donors (Lipinski definition) is 2. The van der Waals surface area contributed by atoms with Crippen LogP contribution in [0.4, 0.5) is 11.4 Å². The molecule has 0 unspecified atom stereocenters. The third-order valence-corrected chi connectivity index (χ3v) is 6.79. The van der Waals surface area contributed by atoms with E-state index in [1.54, 1.807) is 62.4 Å². The van der Waals surface area contributed by atoms with E-state index >= 15 is 0 Å². The van der Waals surface area contributed by atoms with Gasteiger partial charge in [-0.1, -0.05) is 42.0 Å². The molecule has 0 heterocycles. The standard InChI is InChI=1S/C26H25N3O5S/c1-17-14-18(2)25(19(3)15-17)35(32,33)29-23-7-5-4-6-22(23)26(31)34-16-24(30)28-21-10-8-20(9-11-21)12-13-27/h4-11,14-15,29H,12,16H2,1-3H3,(H,28,30). The van der Waals surface area contributed by atoms with Crippen molar-refractivity contribution in [3.63, 3.8) is 0 Å². The molecule has 0 aromatic heterocycles. The number of nitrogens with one attached hydrogen (secondary N) is 2. The van der Waals surface area contributed by atoms with E-state index in [0.29, 0.717) is 16.8 Å². The van der Waals surface area contributed by atoms with E-state index in [9.17, 15) is 18.0 Å². The summed E-state index contributed by atoms with van der Waals surface area (Å²) in [6.07, 6.45) is 0.262. The SMILES string of the molecule is Cc1cc(C)c(S(=O)(=O)Nc2ccccc2C(=O)OCC(=O)Nc2ccc(CC#N)cc2)c(C)c1. The van der Waals surface area contributed by atoms with Gasteiger partial charge in [-0.2, -0.15) is 5.26 Å².